The molecule has 31 heteroatoms. The van der Waals surface area contributed by atoms with E-state index in [1.54, 1.807) is 0 Å². The monoisotopic (exact) mass is 1550 g/mol. The molecular weight excluding hydrogens is 1480 g/mol. The van der Waals surface area contributed by atoms with Crippen molar-refractivity contribution < 1.29 is 124 Å². The van der Waals surface area contributed by atoms with Crippen LogP contribution >= 0.6 is 56.5 Å². The number of hydrogen-bond acceptors (Lipinski definition) is 7. The van der Waals surface area contributed by atoms with E-state index in [-0.39, 0.29) is 79.0 Å². The fraction of sp³-hybridized carbons (Fsp3) is 0.759. The van der Waals surface area contributed by atoms with Gasteiger partial charge in [0.2, 0.25) is 0 Å². The Kier molecular flexibility index (Phi) is 136. The van der Waals surface area contributed by atoms with Gasteiger partial charge in [0.25, 0.3) is 0 Å². The van der Waals surface area contributed by atoms with E-state index < -0.39 is 91.4 Å². The number of aliphatic carboxylic acids is 6. The third-order valence-corrected chi connectivity index (χ3v) is 4.51. The second kappa shape index (κ2) is 79.0. The van der Waals surface area contributed by atoms with Gasteiger partial charge in [-0.15, -0.1) is 0 Å². The number of unbranched alkanes of at least 4 members (excludes halogenated alkanes) is 4. The molecule has 0 atom stereocenters. The van der Waals surface area contributed by atoms with Crippen LogP contribution in [0.3, 0.4) is 0 Å². The van der Waals surface area contributed by atoms with Gasteiger partial charge in [-0.05, 0) is 38.5 Å². The molecule has 0 saturated carbocycles. The van der Waals surface area contributed by atoms with E-state index in [1.807, 2.05) is 13.8 Å². The van der Waals surface area contributed by atoms with Crippen LogP contribution in [0.4, 0.5) is 4.79 Å². The number of halogens is 6. The maximum atomic E-state index is 10.4. The van der Waals surface area contributed by atoms with Crippen molar-refractivity contribution in [3.8, 4) is 0 Å². The molecule has 0 spiro atoms. The van der Waals surface area contributed by atoms with E-state index >= 15 is 0 Å². The van der Waals surface area contributed by atoms with Gasteiger partial charge in [0.15, 0.2) is 0 Å². The van der Waals surface area contributed by atoms with Gasteiger partial charge in [-0.2, -0.15) is 0 Å². The molecule has 0 aliphatic carbocycles. The largest absolute Gasteiger partial charge is 0.693 e. The zero-order valence-corrected chi connectivity index (χ0v) is 45.7. The van der Waals surface area contributed by atoms with E-state index in [0.29, 0.717) is 12.8 Å². The Hall–Kier alpha value is -0.385. The average molecular weight is 1550 g/mol. The summed E-state index contributed by atoms with van der Waals surface area (Å²) in [6.45, 7) is 14.2. The Labute approximate surface area is 404 Å². The summed E-state index contributed by atoms with van der Waals surface area (Å²) in [7, 11) is 29.2. The number of rotatable bonds is 16. The first-order chi connectivity index (χ1) is 24.2. The minimum atomic E-state index is -1.08. The molecule has 382 valence electrons. The first kappa shape index (κ1) is 103. The first-order valence-electron chi connectivity index (χ1n) is 15.0. The van der Waals surface area contributed by atoms with Crippen LogP contribution in [0.1, 0.15) is 132 Å². The molecule has 0 bridgehead atoms. The Bertz CT molecular complexity index is 866. The Morgan fingerprint density at radius 1 is 0.433 bits per heavy atom. The van der Waals surface area contributed by atoms with E-state index in [1.165, 1.54) is 0 Å². The smallest absolute Gasteiger partial charge is 0.693 e. The van der Waals surface area contributed by atoms with E-state index in [4.69, 9.17) is 92.3 Å². The van der Waals surface area contributed by atoms with Crippen LogP contribution in [-0.2, 0) is 78.2 Å². The minimum Gasteiger partial charge on any atom is -0.693 e. The van der Waals surface area contributed by atoms with Gasteiger partial charge in [0.1, 0.15) is 0 Å². The Morgan fingerprint density at radius 3 is 0.733 bits per heavy atom. The van der Waals surface area contributed by atoms with Crippen LogP contribution < -0.4 is 5.32 Å². The number of amides is 1. The topological polar surface area (TPSA) is 506 Å². The van der Waals surface area contributed by atoms with Crippen molar-refractivity contribution in [2.75, 3.05) is 0 Å². The fourth-order valence-electron chi connectivity index (χ4n) is 3.14. The molecule has 22 nitrogen and oxygen atoms in total. The second-order valence-electron chi connectivity index (χ2n) is 11.5. The summed E-state index contributed by atoms with van der Waals surface area (Å²) in [5.41, 5.74) is -0.198. The van der Waals surface area contributed by atoms with E-state index in [9.17, 15) is 33.6 Å². The Balaban J connectivity index is -0.0000000302. The molecule has 60 heavy (non-hydrogen) atoms. The molecule has 0 unspecified atom stereocenters. The molecule has 0 radical (unpaired) electrons. The van der Waals surface area contributed by atoms with Gasteiger partial charge in [0, 0.05) is 18.4 Å². The van der Waals surface area contributed by atoms with Crippen LogP contribution in [0, 0.1) is 5.41 Å². The normalized spacial score (nSPS) is 8.35. The fourth-order valence-corrected chi connectivity index (χ4v) is 3.14. The quantitative estimate of drug-likeness (QED) is 0.0666. The van der Waals surface area contributed by atoms with Crippen molar-refractivity contribution in [3.63, 3.8) is 0 Å². The molecule has 0 saturated heterocycles. The van der Waals surface area contributed by atoms with Crippen molar-refractivity contribution in [2.24, 2.45) is 5.41 Å². The second-order valence-corrected chi connectivity index (χ2v) is 21.3. The predicted octanol–water partition coefficient (Wildman–Crippen LogP) is 13.3. The molecular formula is C29H69Cl6N7O15Pt3. The summed E-state index contributed by atoms with van der Waals surface area (Å²) in [5.74, 6) is -5.67. The van der Waals surface area contributed by atoms with Gasteiger partial charge in [-0.1, -0.05) is 60.3 Å². The van der Waals surface area contributed by atoms with Crippen LogP contribution in [0.2, 0.25) is 0 Å². The summed E-state index contributed by atoms with van der Waals surface area (Å²) >= 11 is -1.42. The zero-order valence-electron chi connectivity index (χ0n) is 34.4. The van der Waals surface area contributed by atoms with E-state index in [0.717, 1.165) is 44.9 Å². The molecule has 0 heterocycles. The molecule has 0 fully saturated rings. The first-order valence-corrected chi connectivity index (χ1v) is 31.8. The number of carboxylic acids is 6. The number of nitrogens with two attached hydrogens (primary N) is 6. The van der Waals surface area contributed by atoms with Crippen LogP contribution in [0.25, 0.3) is 36.9 Å². The summed E-state index contributed by atoms with van der Waals surface area (Å²) in [6, 6.07) is 0. The molecule has 0 aromatic heterocycles. The standard InChI is InChI=1S/C9H19NO2.2C6H12O2.2C4H6O4.6ClH.6H2N.H2O.3Pt/c1-8(2,3)6-9(4,5)10-7(11)12;2*1-2-3-4-5-6(7)8;2*5-3(6)1-2-4(7)8;;;;;;;;;;;;;;;;/h10H,6H2,1-5H3,(H,11,12);2*2-5H2,1H3,(H,7,8);2*1-2H2,(H,5,6)(H,7,8);6*1H;7*1H2;;;/q;;;;;;;;;;;6*-1;;3*+4/p-6. The summed E-state index contributed by atoms with van der Waals surface area (Å²) in [5, 5.41) is 58.9. The van der Waals surface area contributed by atoms with Crippen LogP contribution in [0.5, 0.6) is 0 Å². The van der Waals surface area contributed by atoms with Crippen LogP contribution in [0.15, 0.2) is 0 Å². The molecule has 0 aliphatic heterocycles. The van der Waals surface area contributed by atoms with Crippen molar-refractivity contribution in [2.45, 2.75) is 137 Å². The van der Waals surface area contributed by atoms with Gasteiger partial charge in [-0.3, -0.25) is 28.8 Å². The van der Waals surface area contributed by atoms with Crippen LogP contribution in [-0.4, -0.2) is 88.7 Å². The molecule has 0 aromatic carbocycles. The Morgan fingerprint density at radius 2 is 0.617 bits per heavy atom. The summed E-state index contributed by atoms with van der Waals surface area (Å²) in [4.78, 5) is 68.7. The van der Waals surface area contributed by atoms with Gasteiger partial charge < -0.3 is 83.4 Å². The van der Waals surface area contributed by atoms with Gasteiger partial charge in [-0.25, -0.2) is 4.79 Å². The molecule has 1 amide bonds. The molecule has 0 aliphatic rings. The number of carbonyl (C=O) groups is 7. The molecule has 0 rings (SSSR count). The number of hydrogen-bond donors (Lipinski definition) is 8. The predicted molar refractivity (Wildman–Crippen MR) is 232 cm³/mol. The average Bonchev–Trinajstić information content (AvgIpc) is 2.96. The van der Waals surface area contributed by atoms with E-state index in [2.05, 4.69) is 39.9 Å². The maximum absolute atomic E-state index is 10.4. The van der Waals surface area contributed by atoms with Crippen molar-refractivity contribution >= 4 is 98.4 Å². The minimum absolute atomic E-state index is 0. The third kappa shape index (κ3) is 197. The number of nitrogens with one attached hydrogen (secondary N) is 1. The number of carboxylic acid groups (broad SMARTS) is 7. The van der Waals surface area contributed by atoms with Crippen molar-refractivity contribution in [1.82, 2.24) is 5.32 Å². The maximum Gasteiger partial charge on any atom is -0.693 e. The molecule has 22 N–H and O–H groups in total. The zero-order chi connectivity index (χ0) is 44.1. The SMILES string of the molecule is CC(C)(C)CC(C)(C)NC(=O)O.CCCCCC(=O)O.CCCCCC(=O)O.O.O=C(O)CCC(=O)O.O=C(O)CCC(=O)O.[Cl][Pt+2][Cl].[Cl][Pt+2][Cl].[Cl][Pt+2][Cl].[NH2-].[NH2-].[NH2-].[NH2-].[NH2-].[NH2-]. The summed E-state index contributed by atoms with van der Waals surface area (Å²) in [6.07, 6.45) is 5.24. The van der Waals surface area contributed by atoms with Gasteiger partial charge >= 0.3 is 148 Å². The van der Waals surface area contributed by atoms with Crippen molar-refractivity contribution in [3.05, 3.63) is 36.9 Å². The summed E-state index contributed by atoms with van der Waals surface area (Å²) < 4.78 is 0. The molecule has 0 aromatic rings. The third-order valence-electron chi connectivity index (χ3n) is 4.51. The van der Waals surface area contributed by atoms with Gasteiger partial charge in [0.05, 0.1) is 25.7 Å². The van der Waals surface area contributed by atoms with Crippen molar-refractivity contribution in [1.29, 1.82) is 0 Å².